The number of fused-ring (bicyclic) bond motifs is 2. The topological polar surface area (TPSA) is 0 Å². The molecule has 0 bridgehead atoms. The van der Waals surface area contributed by atoms with E-state index in [1.165, 1.54) is 54.2 Å². The number of hydrogen-bond acceptors (Lipinski definition) is 0. The van der Waals surface area contributed by atoms with Crippen molar-refractivity contribution < 1.29 is 0 Å². The molecule has 0 fully saturated rings. The van der Waals surface area contributed by atoms with Crippen molar-refractivity contribution in [3.05, 3.63) is 71.8 Å². The van der Waals surface area contributed by atoms with Crippen LogP contribution in [0.2, 0.25) is 0 Å². The van der Waals surface area contributed by atoms with Crippen LogP contribution in [0.5, 0.6) is 0 Å². The minimum absolute atomic E-state index is 1.33. The molecule has 0 heterocycles. The number of hydrogen-bond donors (Lipinski definition) is 0. The molecule has 0 aliphatic rings. The molecule has 0 N–H and O–H groups in total. The number of benzene rings is 5. The Morgan fingerprint density at radius 3 is 2.00 bits per heavy atom. The fourth-order valence-electron chi connectivity index (χ4n) is 4.04. The van der Waals surface area contributed by atoms with Gasteiger partial charge in [0.2, 0.25) is 0 Å². The second-order valence-electron chi connectivity index (χ2n) is 6.32. The van der Waals surface area contributed by atoms with Crippen molar-refractivity contribution in [1.82, 2.24) is 0 Å². The van der Waals surface area contributed by atoms with Crippen molar-refractivity contribution >= 4 is 43.1 Å². The Balaban J connectivity index is 2.31. The second-order valence-corrected chi connectivity index (χ2v) is 6.32. The van der Waals surface area contributed by atoms with E-state index in [4.69, 9.17) is 0 Å². The highest BCUT2D eigenvalue weighted by molar-refractivity contribution is 6.33. The molecule has 0 saturated heterocycles. The van der Waals surface area contributed by atoms with Crippen LogP contribution in [-0.2, 0) is 0 Å². The first-order valence-electron chi connectivity index (χ1n) is 7.81. The summed E-state index contributed by atoms with van der Waals surface area (Å²) in [7, 11) is 0. The summed E-state index contributed by atoms with van der Waals surface area (Å²) in [6, 6.07) is 22.4. The summed E-state index contributed by atoms with van der Waals surface area (Å²) in [6.07, 6.45) is 0. The Morgan fingerprint density at radius 2 is 1.14 bits per heavy atom. The van der Waals surface area contributed by atoms with Gasteiger partial charge in [0.15, 0.2) is 0 Å². The minimum Gasteiger partial charge on any atom is -0.0610 e. The quantitative estimate of drug-likeness (QED) is 0.229. The lowest BCUT2D eigenvalue weighted by Gasteiger charge is -2.16. The third-order valence-electron chi connectivity index (χ3n) is 5.07. The Bertz CT molecular complexity index is 1170. The first-order valence-corrected chi connectivity index (χ1v) is 7.81. The molecule has 0 unspecified atom stereocenters. The van der Waals surface area contributed by atoms with Gasteiger partial charge in [0.05, 0.1) is 0 Å². The van der Waals surface area contributed by atoms with Gasteiger partial charge in [0, 0.05) is 0 Å². The molecule has 0 radical (unpaired) electrons. The summed E-state index contributed by atoms with van der Waals surface area (Å²) in [5.41, 5.74) is 2.71. The van der Waals surface area contributed by atoms with E-state index in [0.29, 0.717) is 0 Å². The van der Waals surface area contributed by atoms with Gasteiger partial charge in [-0.05, 0) is 68.1 Å². The molecule has 0 heteroatoms. The lowest BCUT2D eigenvalue weighted by atomic mass is 9.87. The predicted octanol–water partition coefficient (Wildman–Crippen LogP) is 6.35. The molecule has 0 amide bonds. The Hall–Kier alpha value is -2.60. The molecule has 0 aliphatic carbocycles. The Morgan fingerprint density at radius 1 is 0.455 bits per heavy atom. The highest BCUT2D eigenvalue weighted by atomic mass is 14.2. The molecule has 0 spiro atoms. The summed E-state index contributed by atoms with van der Waals surface area (Å²) < 4.78 is 0. The molecule has 0 nitrogen and oxygen atoms in total. The van der Waals surface area contributed by atoms with Gasteiger partial charge in [-0.25, -0.2) is 0 Å². The van der Waals surface area contributed by atoms with Crippen molar-refractivity contribution in [2.75, 3.05) is 0 Å². The molecule has 5 aromatic carbocycles. The molecule has 5 rings (SSSR count). The summed E-state index contributed by atoms with van der Waals surface area (Å²) in [5, 5.41) is 11.1. The van der Waals surface area contributed by atoms with Gasteiger partial charge >= 0.3 is 0 Å². The van der Waals surface area contributed by atoms with Gasteiger partial charge in [0.25, 0.3) is 0 Å². The van der Waals surface area contributed by atoms with Crippen molar-refractivity contribution in [3.8, 4) is 0 Å². The van der Waals surface area contributed by atoms with E-state index in [1.54, 1.807) is 0 Å². The lowest BCUT2D eigenvalue weighted by Crippen LogP contribution is -1.90. The van der Waals surface area contributed by atoms with Gasteiger partial charge in [-0.2, -0.15) is 0 Å². The SMILES string of the molecule is Cc1ccc2c3c(C)ccc4cccc(c5cccc1c52)c43. The van der Waals surface area contributed by atoms with Crippen LogP contribution in [-0.4, -0.2) is 0 Å². The molecule has 0 aromatic heterocycles. The van der Waals surface area contributed by atoms with Gasteiger partial charge < -0.3 is 0 Å². The maximum absolute atomic E-state index is 2.30. The molecule has 5 aromatic rings. The maximum Gasteiger partial charge on any atom is -0.00236 e. The average Bonchev–Trinajstić information content (AvgIpc) is 2.55. The highest BCUT2D eigenvalue weighted by Gasteiger charge is 2.14. The van der Waals surface area contributed by atoms with Gasteiger partial charge in [-0.3, -0.25) is 0 Å². The first-order chi connectivity index (χ1) is 10.8. The van der Waals surface area contributed by atoms with E-state index in [-0.39, 0.29) is 0 Å². The molecule has 0 saturated carbocycles. The van der Waals surface area contributed by atoms with Crippen molar-refractivity contribution in [2.24, 2.45) is 0 Å². The molecular weight excluding hydrogens is 264 g/mol. The van der Waals surface area contributed by atoms with Crippen LogP contribution in [0.15, 0.2) is 60.7 Å². The van der Waals surface area contributed by atoms with Crippen LogP contribution >= 0.6 is 0 Å². The fourth-order valence-corrected chi connectivity index (χ4v) is 4.04. The number of aryl methyl sites for hydroxylation is 2. The third-order valence-corrected chi connectivity index (χ3v) is 5.07. The number of rotatable bonds is 0. The molecule has 0 atom stereocenters. The van der Waals surface area contributed by atoms with Gasteiger partial charge in [0.1, 0.15) is 0 Å². The predicted molar refractivity (Wildman–Crippen MR) is 97.1 cm³/mol. The van der Waals surface area contributed by atoms with E-state index < -0.39 is 0 Å². The van der Waals surface area contributed by atoms with Crippen molar-refractivity contribution in [3.63, 3.8) is 0 Å². The van der Waals surface area contributed by atoms with E-state index >= 15 is 0 Å². The second kappa shape index (κ2) is 3.98. The van der Waals surface area contributed by atoms with E-state index in [1.807, 2.05) is 0 Å². The minimum atomic E-state index is 1.33. The molecule has 104 valence electrons. The van der Waals surface area contributed by atoms with Crippen LogP contribution in [0.25, 0.3) is 43.1 Å². The van der Waals surface area contributed by atoms with Gasteiger partial charge in [-0.1, -0.05) is 60.7 Å². The summed E-state index contributed by atoms with van der Waals surface area (Å²) in [5.74, 6) is 0. The zero-order chi connectivity index (χ0) is 14.8. The van der Waals surface area contributed by atoms with Crippen LogP contribution < -0.4 is 0 Å². The Kier molecular flexibility index (Phi) is 2.17. The molecule has 0 aliphatic heterocycles. The van der Waals surface area contributed by atoms with E-state index in [0.717, 1.165) is 0 Å². The Labute approximate surface area is 129 Å². The van der Waals surface area contributed by atoms with Crippen molar-refractivity contribution in [2.45, 2.75) is 13.8 Å². The van der Waals surface area contributed by atoms with Crippen molar-refractivity contribution in [1.29, 1.82) is 0 Å². The van der Waals surface area contributed by atoms with Crippen LogP contribution in [0, 0.1) is 13.8 Å². The zero-order valence-electron chi connectivity index (χ0n) is 12.8. The zero-order valence-corrected chi connectivity index (χ0v) is 12.8. The smallest absolute Gasteiger partial charge is 0.00236 e. The van der Waals surface area contributed by atoms with Crippen LogP contribution in [0.4, 0.5) is 0 Å². The largest absolute Gasteiger partial charge is 0.0610 e. The summed E-state index contributed by atoms with van der Waals surface area (Å²) in [6.45, 7) is 4.43. The summed E-state index contributed by atoms with van der Waals surface area (Å²) in [4.78, 5) is 0. The summed E-state index contributed by atoms with van der Waals surface area (Å²) >= 11 is 0. The average molecular weight is 280 g/mol. The monoisotopic (exact) mass is 280 g/mol. The maximum atomic E-state index is 2.30. The van der Waals surface area contributed by atoms with E-state index in [2.05, 4.69) is 74.5 Å². The highest BCUT2D eigenvalue weighted by Crippen LogP contribution is 2.41. The standard InChI is InChI=1S/C22H16/c1-13-10-12-19-20-14(2)9-11-15-5-3-7-17(21(15)20)18-8-4-6-16(13)22(18)19/h3-12H,1-2H3. The van der Waals surface area contributed by atoms with Gasteiger partial charge in [-0.15, -0.1) is 0 Å². The van der Waals surface area contributed by atoms with E-state index in [9.17, 15) is 0 Å². The fraction of sp³-hybridized carbons (Fsp3) is 0.0909. The third kappa shape index (κ3) is 1.33. The normalized spacial score (nSPS) is 12.1. The lowest BCUT2D eigenvalue weighted by molar-refractivity contribution is 1.53. The first kappa shape index (κ1) is 12.0. The molecule has 22 heavy (non-hydrogen) atoms. The molecular formula is C22H16. The van der Waals surface area contributed by atoms with Crippen LogP contribution in [0.3, 0.4) is 0 Å². The van der Waals surface area contributed by atoms with Crippen LogP contribution in [0.1, 0.15) is 11.1 Å².